The van der Waals surface area contributed by atoms with E-state index in [2.05, 4.69) is 36.5 Å². The van der Waals surface area contributed by atoms with E-state index in [1.807, 2.05) is 18.3 Å². The zero-order valence-corrected chi connectivity index (χ0v) is 17.9. The minimum absolute atomic E-state index is 0.00277. The molecule has 4 aliphatic rings. The molecule has 158 valence electrons. The Morgan fingerprint density at radius 2 is 1.90 bits per heavy atom. The predicted octanol–water partition coefficient (Wildman–Crippen LogP) is 4.87. The van der Waals surface area contributed by atoms with Crippen LogP contribution in [0.15, 0.2) is 36.2 Å². The molecular formula is C25H36N2O2. The van der Waals surface area contributed by atoms with Gasteiger partial charge in [0, 0.05) is 24.0 Å². The van der Waals surface area contributed by atoms with Crippen molar-refractivity contribution in [3.05, 3.63) is 41.9 Å². The molecule has 1 heterocycles. The van der Waals surface area contributed by atoms with E-state index in [4.69, 9.17) is 0 Å². The van der Waals surface area contributed by atoms with Crippen molar-refractivity contribution in [3.8, 4) is 0 Å². The highest BCUT2D eigenvalue weighted by molar-refractivity contribution is 5.20. The zero-order valence-electron chi connectivity index (χ0n) is 17.9. The van der Waals surface area contributed by atoms with Gasteiger partial charge >= 0.3 is 0 Å². The minimum atomic E-state index is -0.630. The van der Waals surface area contributed by atoms with E-state index < -0.39 is 5.60 Å². The number of hydrogen-bond acceptors (Lipinski definition) is 4. The summed E-state index contributed by atoms with van der Waals surface area (Å²) in [6.07, 6.45) is 13.9. The number of aromatic nitrogens is 1. The number of pyridine rings is 1. The molecule has 0 aliphatic heterocycles. The maximum absolute atomic E-state index is 11.9. The molecule has 0 spiro atoms. The molecule has 0 amide bonds. The number of nitrogens with zero attached hydrogens (tertiary/aromatic N) is 1. The largest absolute Gasteiger partial charge is 0.389 e. The highest BCUT2D eigenvalue weighted by Gasteiger charge is 2.64. The molecule has 4 aliphatic carbocycles. The van der Waals surface area contributed by atoms with Crippen LogP contribution in [0, 0.1) is 34.5 Å². The van der Waals surface area contributed by atoms with Gasteiger partial charge < -0.3 is 5.11 Å². The first-order valence-electron chi connectivity index (χ1n) is 11.6. The van der Waals surface area contributed by atoms with Crippen LogP contribution in [0.4, 0.5) is 0 Å². The first-order valence-corrected chi connectivity index (χ1v) is 11.6. The van der Waals surface area contributed by atoms with Crippen LogP contribution in [0.1, 0.15) is 70.9 Å². The smallest absolute Gasteiger partial charge is 0.0759 e. The van der Waals surface area contributed by atoms with Gasteiger partial charge in [-0.2, -0.15) is 0 Å². The molecule has 3 N–H and O–H groups in total. The second-order valence-electron chi connectivity index (χ2n) is 10.9. The lowest BCUT2D eigenvalue weighted by Gasteiger charge is -2.60. The first-order chi connectivity index (χ1) is 13.9. The van der Waals surface area contributed by atoms with E-state index >= 15 is 0 Å². The van der Waals surface area contributed by atoms with Crippen molar-refractivity contribution < 1.29 is 10.3 Å². The third-order valence-corrected chi connectivity index (χ3v) is 9.94. The standard InChI is InChI=1S/C25H36N2O2/c1-23-11-8-18(27-29)15-17(23)6-7-20-21(23)9-12-24(2)22(20)10-13-25(24,28)16-19-5-3-4-14-26-19/h3-5,14-15,17,20-22,27-29H,6-13,16H2,1-2H3/t17?,20-,21+,22+,23+,24+,25-/m1/s1. The van der Waals surface area contributed by atoms with Crippen LogP contribution < -0.4 is 5.48 Å². The summed E-state index contributed by atoms with van der Waals surface area (Å²) in [5.41, 5.74) is 4.17. The van der Waals surface area contributed by atoms with Crippen molar-refractivity contribution >= 4 is 0 Å². The lowest BCUT2D eigenvalue weighted by Crippen LogP contribution is -2.56. The Hall–Kier alpha value is -1.39. The quantitative estimate of drug-likeness (QED) is 0.638. The van der Waals surface area contributed by atoms with Crippen LogP contribution in [0.2, 0.25) is 0 Å². The summed E-state index contributed by atoms with van der Waals surface area (Å²) in [4.78, 5) is 4.52. The van der Waals surface area contributed by atoms with E-state index in [0.29, 0.717) is 23.7 Å². The Morgan fingerprint density at radius 1 is 1.07 bits per heavy atom. The van der Waals surface area contributed by atoms with Crippen molar-refractivity contribution in [3.63, 3.8) is 0 Å². The number of hydrogen-bond donors (Lipinski definition) is 3. The minimum Gasteiger partial charge on any atom is -0.389 e. The molecule has 4 heteroatoms. The SMILES string of the molecule is C[C@]12CCC(NO)=CC1CC[C@@H]1[C@@H]2CC[C@@]2(C)[C@H]1CC[C@@]2(O)Cc1ccccn1. The number of allylic oxidation sites excluding steroid dienone is 2. The summed E-state index contributed by atoms with van der Waals surface area (Å²) in [7, 11) is 0. The maximum atomic E-state index is 11.9. The van der Waals surface area contributed by atoms with Crippen LogP contribution >= 0.6 is 0 Å². The summed E-state index contributed by atoms with van der Waals surface area (Å²) in [6, 6.07) is 6.05. The van der Waals surface area contributed by atoms with Gasteiger partial charge in [0.1, 0.15) is 0 Å². The van der Waals surface area contributed by atoms with Gasteiger partial charge in [-0.05, 0) is 98.0 Å². The fraction of sp³-hybridized carbons (Fsp3) is 0.720. The number of aliphatic hydroxyl groups is 1. The molecule has 0 saturated heterocycles. The first kappa shape index (κ1) is 19.6. The fourth-order valence-electron chi connectivity index (χ4n) is 8.16. The number of rotatable bonds is 3. The highest BCUT2D eigenvalue weighted by Crippen LogP contribution is 2.68. The molecule has 0 aromatic carbocycles. The summed E-state index contributed by atoms with van der Waals surface area (Å²) in [5.74, 6) is 2.66. The normalized spacial score (nSPS) is 46.3. The molecule has 1 unspecified atom stereocenters. The third-order valence-electron chi connectivity index (χ3n) is 9.94. The average Bonchev–Trinajstić information content (AvgIpc) is 2.99. The van der Waals surface area contributed by atoms with Crippen molar-refractivity contribution in [2.75, 3.05) is 0 Å². The van der Waals surface area contributed by atoms with Gasteiger partial charge in [0.05, 0.1) is 5.60 Å². The molecule has 1 aromatic rings. The average molecular weight is 397 g/mol. The van der Waals surface area contributed by atoms with Crippen LogP contribution in [0.3, 0.4) is 0 Å². The number of nitrogens with one attached hydrogen (secondary N) is 1. The monoisotopic (exact) mass is 396 g/mol. The predicted molar refractivity (Wildman–Crippen MR) is 113 cm³/mol. The molecule has 0 radical (unpaired) electrons. The molecule has 29 heavy (non-hydrogen) atoms. The Balaban J connectivity index is 1.41. The molecule has 5 rings (SSSR count). The molecular weight excluding hydrogens is 360 g/mol. The van der Waals surface area contributed by atoms with E-state index in [-0.39, 0.29) is 5.41 Å². The lowest BCUT2D eigenvalue weighted by molar-refractivity contribution is -0.142. The van der Waals surface area contributed by atoms with Gasteiger partial charge in [0.15, 0.2) is 0 Å². The van der Waals surface area contributed by atoms with Gasteiger partial charge in [-0.25, -0.2) is 0 Å². The zero-order chi connectivity index (χ0) is 20.3. The Labute approximate surface area is 174 Å². The van der Waals surface area contributed by atoms with E-state index in [0.717, 1.165) is 48.9 Å². The van der Waals surface area contributed by atoms with Crippen molar-refractivity contribution in [1.29, 1.82) is 0 Å². The maximum Gasteiger partial charge on any atom is 0.0759 e. The molecule has 3 saturated carbocycles. The molecule has 4 nitrogen and oxygen atoms in total. The summed E-state index contributed by atoms with van der Waals surface area (Å²) >= 11 is 0. The fourth-order valence-corrected chi connectivity index (χ4v) is 8.16. The Morgan fingerprint density at radius 3 is 2.66 bits per heavy atom. The van der Waals surface area contributed by atoms with Gasteiger partial charge in [0.25, 0.3) is 0 Å². The van der Waals surface area contributed by atoms with Crippen LogP contribution in [0.25, 0.3) is 0 Å². The van der Waals surface area contributed by atoms with Crippen molar-refractivity contribution in [1.82, 2.24) is 10.5 Å². The lowest BCUT2D eigenvalue weighted by atomic mass is 9.45. The third kappa shape index (κ3) is 2.82. The van der Waals surface area contributed by atoms with E-state index in [9.17, 15) is 10.3 Å². The Bertz CT molecular complexity index is 795. The van der Waals surface area contributed by atoms with Crippen LogP contribution in [0.5, 0.6) is 0 Å². The van der Waals surface area contributed by atoms with Crippen LogP contribution in [-0.2, 0) is 6.42 Å². The van der Waals surface area contributed by atoms with E-state index in [1.54, 1.807) is 0 Å². The van der Waals surface area contributed by atoms with Crippen molar-refractivity contribution in [2.24, 2.45) is 34.5 Å². The topological polar surface area (TPSA) is 65.4 Å². The summed E-state index contributed by atoms with van der Waals surface area (Å²) < 4.78 is 0. The van der Waals surface area contributed by atoms with Gasteiger partial charge in [-0.15, -0.1) is 0 Å². The van der Waals surface area contributed by atoms with Crippen LogP contribution in [-0.4, -0.2) is 20.9 Å². The number of fused-ring (bicyclic) bond motifs is 5. The molecule has 3 fully saturated rings. The Kier molecular flexibility index (Phi) is 4.60. The van der Waals surface area contributed by atoms with Crippen molar-refractivity contribution in [2.45, 2.75) is 77.2 Å². The van der Waals surface area contributed by atoms with Gasteiger partial charge in [-0.3, -0.25) is 15.7 Å². The number of hydroxylamine groups is 1. The van der Waals surface area contributed by atoms with Gasteiger partial charge in [0.2, 0.25) is 0 Å². The van der Waals surface area contributed by atoms with Gasteiger partial charge in [-0.1, -0.05) is 26.0 Å². The highest BCUT2D eigenvalue weighted by atomic mass is 16.5. The van der Waals surface area contributed by atoms with E-state index in [1.165, 1.54) is 25.7 Å². The second kappa shape index (κ2) is 6.81. The molecule has 0 bridgehead atoms. The second-order valence-corrected chi connectivity index (χ2v) is 10.9. The summed E-state index contributed by atoms with van der Waals surface area (Å²) in [5, 5.41) is 21.2. The molecule has 7 atom stereocenters. The molecule has 1 aromatic heterocycles. The summed E-state index contributed by atoms with van der Waals surface area (Å²) in [6.45, 7) is 4.89.